The maximum absolute atomic E-state index is 11.8. The molecule has 0 aromatic carbocycles. The van der Waals surface area contributed by atoms with Gasteiger partial charge in [0.2, 0.25) is 5.91 Å². The van der Waals surface area contributed by atoms with Crippen molar-refractivity contribution in [3.8, 4) is 0 Å². The molecule has 2 N–H and O–H groups in total. The van der Waals surface area contributed by atoms with Gasteiger partial charge >= 0.3 is 0 Å². The van der Waals surface area contributed by atoms with Gasteiger partial charge in [-0.3, -0.25) is 9.59 Å². The second-order valence-corrected chi connectivity index (χ2v) is 5.87. The fraction of sp³-hybridized carbons (Fsp3) is 0.538. The number of amides is 1. The topological polar surface area (TPSA) is 71.3 Å². The first kappa shape index (κ1) is 14.3. The molecular formula is C13H17BrN2O3. The number of carbonyl (C=O) groups is 1. The number of hydrogen-bond acceptors (Lipinski definition) is 3. The summed E-state index contributed by atoms with van der Waals surface area (Å²) in [4.78, 5) is 23.3. The lowest BCUT2D eigenvalue weighted by atomic mass is 10.1. The molecule has 1 saturated carbocycles. The normalized spacial score (nSPS) is 22.4. The van der Waals surface area contributed by atoms with Crippen LogP contribution in [0.3, 0.4) is 0 Å². The van der Waals surface area contributed by atoms with Gasteiger partial charge in [0.15, 0.2) is 0 Å². The zero-order valence-electron chi connectivity index (χ0n) is 10.5. The number of pyridine rings is 1. The smallest absolute Gasteiger partial charge is 0.251 e. The zero-order valence-corrected chi connectivity index (χ0v) is 12.1. The van der Waals surface area contributed by atoms with E-state index in [2.05, 4.69) is 21.2 Å². The summed E-state index contributed by atoms with van der Waals surface area (Å²) in [5.74, 6) is 0.166. The number of aliphatic hydroxyl groups is 1. The van der Waals surface area contributed by atoms with E-state index in [4.69, 9.17) is 0 Å². The number of rotatable bonds is 4. The molecule has 104 valence electrons. The minimum absolute atomic E-state index is 0.0214. The summed E-state index contributed by atoms with van der Waals surface area (Å²) >= 11 is 3.27. The van der Waals surface area contributed by atoms with Crippen molar-refractivity contribution in [1.82, 2.24) is 9.88 Å². The lowest BCUT2D eigenvalue weighted by Crippen LogP contribution is -2.34. The molecule has 1 heterocycles. The van der Waals surface area contributed by atoms with Crippen LogP contribution in [-0.2, 0) is 11.3 Å². The standard InChI is InChI=1S/C13H17BrN2O3/c14-10-2-4-13(19)16(7-10)8-12(18)15-6-9-1-3-11(17)5-9/h2,4,7,9,11,17H,1,3,5-6,8H2,(H,15,18). The van der Waals surface area contributed by atoms with Crippen molar-refractivity contribution in [2.24, 2.45) is 5.92 Å². The Labute approximate surface area is 119 Å². The quantitative estimate of drug-likeness (QED) is 0.862. The van der Waals surface area contributed by atoms with E-state index in [9.17, 15) is 14.7 Å². The Kier molecular flexibility index (Phi) is 4.76. The maximum Gasteiger partial charge on any atom is 0.251 e. The Morgan fingerprint density at radius 1 is 1.47 bits per heavy atom. The number of nitrogens with zero attached hydrogens (tertiary/aromatic N) is 1. The molecule has 2 unspecified atom stereocenters. The van der Waals surface area contributed by atoms with Gasteiger partial charge in [0, 0.05) is 23.3 Å². The third-order valence-corrected chi connectivity index (χ3v) is 3.83. The van der Waals surface area contributed by atoms with Crippen molar-refractivity contribution in [3.05, 3.63) is 33.2 Å². The monoisotopic (exact) mass is 328 g/mol. The van der Waals surface area contributed by atoms with Gasteiger partial charge in [-0.1, -0.05) is 0 Å². The van der Waals surface area contributed by atoms with E-state index in [0.717, 1.165) is 23.7 Å². The van der Waals surface area contributed by atoms with E-state index in [1.807, 2.05) is 0 Å². The zero-order chi connectivity index (χ0) is 13.8. The van der Waals surface area contributed by atoms with Gasteiger partial charge in [-0.25, -0.2) is 0 Å². The van der Waals surface area contributed by atoms with Crippen LogP contribution in [0.4, 0.5) is 0 Å². The summed E-state index contributed by atoms with van der Waals surface area (Å²) in [6.45, 7) is 0.589. The molecule has 1 aliphatic rings. The molecule has 0 spiro atoms. The Hall–Kier alpha value is -1.14. The van der Waals surface area contributed by atoms with Crippen molar-refractivity contribution < 1.29 is 9.90 Å². The van der Waals surface area contributed by atoms with E-state index in [-0.39, 0.29) is 24.1 Å². The van der Waals surface area contributed by atoms with Crippen molar-refractivity contribution in [2.45, 2.75) is 31.9 Å². The third kappa shape index (κ3) is 4.18. The fourth-order valence-electron chi connectivity index (χ4n) is 2.33. The van der Waals surface area contributed by atoms with Gasteiger partial charge in [-0.05, 0) is 47.2 Å². The van der Waals surface area contributed by atoms with Crippen LogP contribution in [0.2, 0.25) is 0 Å². The molecule has 1 aromatic rings. The predicted molar refractivity (Wildman–Crippen MR) is 74.8 cm³/mol. The van der Waals surface area contributed by atoms with Gasteiger partial charge in [0.25, 0.3) is 5.56 Å². The molecule has 0 saturated heterocycles. The lowest BCUT2D eigenvalue weighted by Gasteiger charge is -2.11. The Morgan fingerprint density at radius 2 is 2.26 bits per heavy atom. The van der Waals surface area contributed by atoms with E-state index in [1.54, 1.807) is 12.3 Å². The molecular weight excluding hydrogens is 312 g/mol. The van der Waals surface area contributed by atoms with Crippen LogP contribution < -0.4 is 10.9 Å². The van der Waals surface area contributed by atoms with E-state index in [1.165, 1.54) is 10.6 Å². The largest absolute Gasteiger partial charge is 0.393 e. The number of aliphatic hydroxyl groups excluding tert-OH is 1. The maximum atomic E-state index is 11.8. The second-order valence-electron chi connectivity index (χ2n) is 4.95. The van der Waals surface area contributed by atoms with Gasteiger partial charge < -0.3 is 15.0 Å². The highest BCUT2D eigenvalue weighted by Crippen LogP contribution is 2.24. The van der Waals surface area contributed by atoms with E-state index >= 15 is 0 Å². The van der Waals surface area contributed by atoms with Crippen molar-refractivity contribution in [3.63, 3.8) is 0 Å². The molecule has 0 radical (unpaired) electrons. The number of carbonyl (C=O) groups excluding carboxylic acids is 1. The van der Waals surface area contributed by atoms with Crippen molar-refractivity contribution >= 4 is 21.8 Å². The number of nitrogens with one attached hydrogen (secondary N) is 1. The molecule has 2 rings (SSSR count). The van der Waals surface area contributed by atoms with Gasteiger partial charge in [0.05, 0.1) is 6.10 Å². The van der Waals surface area contributed by atoms with E-state index < -0.39 is 0 Å². The summed E-state index contributed by atoms with van der Waals surface area (Å²) in [5.41, 5.74) is -0.199. The summed E-state index contributed by atoms with van der Waals surface area (Å²) < 4.78 is 2.13. The minimum Gasteiger partial charge on any atom is -0.393 e. The highest BCUT2D eigenvalue weighted by Gasteiger charge is 2.22. The van der Waals surface area contributed by atoms with Crippen LogP contribution in [0.5, 0.6) is 0 Å². The molecule has 1 aromatic heterocycles. The van der Waals surface area contributed by atoms with Gasteiger partial charge in [-0.15, -0.1) is 0 Å². The number of halogens is 1. The van der Waals surface area contributed by atoms with Crippen LogP contribution in [-0.4, -0.2) is 28.2 Å². The molecule has 1 fully saturated rings. The third-order valence-electron chi connectivity index (χ3n) is 3.36. The molecule has 19 heavy (non-hydrogen) atoms. The molecule has 6 heteroatoms. The SMILES string of the molecule is O=C(Cn1cc(Br)ccc1=O)NCC1CCC(O)C1. The molecule has 5 nitrogen and oxygen atoms in total. The minimum atomic E-state index is -0.227. The van der Waals surface area contributed by atoms with Crippen LogP contribution in [0, 0.1) is 5.92 Å². The van der Waals surface area contributed by atoms with Crippen LogP contribution in [0.25, 0.3) is 0 Å². The van der Waals surface area contributed by atoms with Crippen LogP contribution >= 0.6 is 15.9 Å². The second kappa shape index (κ2) is 6.34. The highest BCUT2D eigenvalue weighted by molar-refractivity contribution is 9.10. The summed E-state index contributed by atoms with van der Waals surface area (Å²) in [7, 11) is 0. The van der Waals surface area contributed by atoms with E-state index in [0.29, 0.717) is 12.5 Å². The first-order valence-electron chi connectivity index (χ1n) is 6.35. The first-order chi connectivity index (χ1) is 9.04. The average molecular weight is 329 g/mol. The number of aromatic nitrogens is 1. The van der Waals surface area contributed by atoms with Crippen molar-refractivity contribution in [2.75, 3.05) is 6.54 Å². The first-order valence-corrected chi connectivity index (χ1v) is 7.14. The molecule has 1 amide bonds. The van der Waals surface area contributed by atoms with Crippen molar-refractivity contribution in [1.29, 1.82) is 0 Å². The average Bonchev–Trinajstić information content (AvgIpc) is 2.77. The summed E-state index contributed by atoms with van der Waals surface area (Å²) in [6.07, 6.45) is 3.87. The van der Waals surface area contributed by atoms with Crippen LogP contribution in [0.15, 0.2) is 27.6 Å². The Bertz CT molecular complexity index is 515. The Balaban J connectivity index is 1.84. The summed E-state index contributed by atoms with van der Waals surface area (Å²) in [5, 5.41) is 12.2. The van der Waals surface area contributed by atoms with Gasteiger partial charge in [-0.2, -0.15) is 0 Å². The highest BCUT2D eigenvalue weighted by atomic mass is 79.9. The molecule has 2 atom stereocenters. The van der Waals surface area contributed by atoms with Gasteiger partial charge in [0.1, 0.15) is 6.54 Å². The van der Waals surface area contributed by atoms with Crippen LogP contribution in [0.1, 0.15) is 19.3 Å². The summed E-state index contributed by atoms with van der Waals surface area (Å²) in [6, 6.07) is 3.07. The molecule has 0 bridgehead atoms. The molecule has 1 aliphatic carbocycles. The Morgan fingerprint density at radius 3 is 2.95 bits per heavy atom. The number of hydrogen-bond donors (Lipinski definition) is 2. The molecule has 0 aliphatic heterocycles. The predicted octanol–water partition coefficient (Wildman–Crippen LogP) is 0.888. The lowest BCUT2D eigenvalue weighted by molar-refractivity contribution is -0.121. The fourth-order valence-corrected chi connectivity index (χ4v) is 2.71.